The van der Waals surface area contributed by atoms with Gasteiger partial charge in [-0.25, -0.2) is 0 Å². The second-order valence-electron chi connectivity index (χ2n) is 8.54. The fourth-order valence-electron chi connectivity index (χ4n) is 4.68. The number of hydrogen-bond donors (Lipinski definition) is 1. The SMILES string of the molecule is O=C(O)CN1C(=O)[C@@H]2CN(C(=O)c3ccc(-c4ccccc4)cc3)CCN2C(=O)c2ccccc21. The van der Waals surface area contributed by atoms with E-state index in [0.717, 1.165) is 16.0 Å². The maximum absolute atomic E-state index is 13.5. The number of piperazine rings is 1. The average molecular weight is 469 g/mol. The Labute approximate surface area is 202 Å². The summed E-state index contributed by atoms with van der Waals surface area (Å²) in [6.07, 6.45) is 0. The van der Waals surface area contributed by atoms with E-state index in [1.165, 1.54) is 4.90 Å². The van der Waals surface area contributed by atoms with E-state index in [4.69, 9.17) is 0 Å². The van der Waals surface area contributed by atoms with Gasteiger partial charge < -0.3 is 14.9 Å². The summed E-state index contributed by atoms with van der Waals surface area (Å²) in [5.41, 5.74) is 3.06. The van der Waals surface area contributed by atoms with E-state index in [1.807, 2.05) is 42.5 Å². The summed E-state index contributed by atoms with van der Waals surface area (Å²) in [6.45, 7) is -0.121. The number of para-hydroxylation sites is 1. The van der Waals surface area contributed by atoms with Crippen molar-refractivity contribution in [3.8, 4) is 11.1 Å². The van der Waals surface area contributed by atoms with Gasteiger partial charge in [-0.3, -0.25) is 24.1 Å². The van der Waals surface area contributed by atoms with E-state index in [9.17, 15) is 24.3 Å². The second-order valence-corrected chi connectivity index (χ2v) is 8.54. The monoisotopic (exact) mass is 469 g/mol. The van der Waals surface area contributed by atoms with Gasteiger partial charge in [0, 0.05) is 18.7 Å². The number of carboxylic acids is 1. The summed E-state index contributed by atoms with van der Waals surface area (Å²) in [6, 6.07) is 22.6. The number of carbonyl (C=O) groups is 4. The number of carbonyl (C=O) groups excluding carboxylic acids is 3. The lowest BCUT2D eigenvalue weighted by Crippen LogP contribution is -2.61. The third kappa shape index (κ3) is 4.14. The van der Waals surface area contributed by atoms with Gasteiger partial charge in [-0.15, -0.1) is 0 Å². The number of hydrogen-bond acceptors (Lipinski definition) is 4. The van der Waals surface area contributed by atoms with Crippen LogP contribution in [0.25, 0.3) is 11.1 Å². The molecule has 0 aromatic heterocycles. The number of rotatable bonds is 4. The van der Waals surface area contributed by atoms with Gasteiger partial charge >= 0.3 is 5.97 Å². The first-order valence-electron chi connectivity index (χ1n) is 11.3. The zero-order chi connectivity index (χ0) is 24.5. The number of carboxylic acid groups (broad SMARTS) is 1. The topological polar surface area (TPSA) is 98.2 Å². The summed E-state index contributed by atoms with van der Waals surface area (Å²) in [4.78, 5) is 55.6. The van der Waals surface area contributed by atoms with Crippen molar-refractivity contribution < 1.29 is 24.3 Å². The van der Waals surface area contributed by atoms with Gasteiger partial charge in [-0.1, -0.05) is 54.6 Å². The molecular weight excluding hydrogens is 446 g/mol. The molecule has 1 atom stereocenters. The molecule has 0 bridgehead atoms. The number of benzene rings is 3. The Morgan fingerprint density at radius 2 is 1.49 bits per heavy atom. The number of aliphatic carboxylic acids is 1. The molecule has 8 nitrogen and oxygen atoms in total. The molecule has 3 aromatic carbocycles. The largest absolute Gasteiger partial charge is 0.480 e. The predicted octanol–water partition coefficient (Wildman–Crippen LogP) is 2.75. The van der Waals surface area contributed by atoms with Crippen molar-refractivity contribution in [1.82, 2.24) is 9.80 Å². The van der Waals surface area contributed by atoms with Crippen LogP contribution in [0.15, 0.2) is 78.9 Å². The third-order valence-electron chi connectivity index (χ3n) is 6.44. The third-order valence-corrected chi connectivity index (χ3v) is 6.44. The van der Waals surface area contributed by atoms with Gasteiger partial charge in [0.25, 0.3) is 17.7 Å². The highest BCUT2D eigenvalue weighted by molar-refractivity contribution is 6.12. The molecule has 2 heterocycles. The van der Waals surface area contributed by atoms with Crippen LogP contribution in [0.5, 0.6) is 0 Å². The van der Waals surface area contributed by atoms with E-state index in [1.54, 1.807) is 41.3 Å². The smallest absolute Gasteiger partial charge is 0.323 e. The van der Waals surface area contributed by atoms with Crippen LogP contribution in [-0.2, 0) is 9.59 Å². The van der Waals surface area contributed by atoms with Crippen molar-refractivity contribution in [2.45, 2.75) is 6.04 Å². The van der Waals surface area contributed by atoms with Crippen LogP contribution in [0.4, 0.5) is 5.69 Å². The van der Waals surface area contributed by atoms with Crippen molar-refractivity contribution >= 4 is 29.4 Å². The first-order chi connectivity index (χ1) is 16.9. The predicted molar refractivity (Wildman–Crippen MR) is 129 cm³/mol. The minimum absolute atomic E-state index is 0.00600. The van der Waals surface area contributed by atoms with Crippen molar-refractivity contribution in [3.05, 3.63) is 90.0 Å². The number of fused-ring (bicyclic) bond motifs is 2. The summed E-state index contributed by atoms with van der Waals surface area (Å²) in [5.74, 6) is -2.28. The van der Waals surface area contributed by atoms with Crippen LogP contribution in [-0.4, -0.2) is 70.8 Å². The van der Waals surface area contributed by atoms with E-state index < -0.39 is 24.5 Å². The minimum atomic E-state index is -1.18. The fraction of sp³-hybridized carbons (Fsp3) is 0.185. The van der Waals surface area contributed by atoms with E-state index in [0.29, 0.717) is 5.56 Å². The lowest BCUT2D eigenvalue weighted by Gasteiger charge is -2.40. The lowest BCUT2D eigenvalue weighted by molar-refractivity contribution is -0.137. The zero-order valence-corrected chi connectivity index (χ0v) is 18.8. The Kier molecular flexibility index (Phi) is 5.78. The quantitative estimate of drug-likeness (QED) is 0.634. The lowest BCUT2D eigenvalue weighted by atomic mass is 10.0. The molecule has 1 N–H and O–H groups in total. The summed E-state index contributed by atoms with van der Waals surface area (Å²) >= 11 is 0. The molecule has 2 aliphatic heterocycles. The standard InChI is InChI=1S/C27H23N3O5/c31-24(32)17-30-22-9-5-4-8-21(22)26(34)29-15-14-28(16-23(29)27(30)35)25(33)20-12-10-19(11-13-20)18-6-2-1-3-7-18/h1-13,23H,14-17H2,(H,31,32)/t23-/m0/s1. The molecule has 0 radical (unpaired) electrons. The highest BCUT2D eigenvalue weighted by atomic mass is 16.4. The highest BCUT2D eigenvalue weighted by Gasteiger charge is 2.43. The normalized spacial score (nSPS) is 17.5. The molecule has 1 saturated heterocycles. The van der Waals surface area contributed by atoms with Gasteiger partial charge in [-0.05, 0) is 35.4 Å². The molecule has 0 saturated carbocycles. The van der Waals surface area contributed by atoms with Gasteiger partial charge in [0.1, 0.15) is 12.6 Å². The molecule has 0 unspecified atom stereocenters. The average Bonchev–Trinajstić information content (AvgIpc) is 2.98. The van der Waals surface area contributed by atoms with Crippen LogP contribution in [0.1, 0.15) is 20.7 Å². The first kappa shape index (κ1) is 22.3. The van der Waals surface area contributed by atoms with E-state index in [2.05, 4.69) is 0 Å². The Bertz CT molecular complexity index is 1310. The molecular formula is C27H23N3O5. The Morgan fingerprint density at radius 1 is 0.829 bits per heavy atom. The molecule has 1 fully saturated rings. The number of anilines is 1. The molecule has 0 spiro atoms. The molecule has 176 valence electrons. The maximum Gasteiger partial charge on any atom is 0.323 e. The van der Waals surface area contributed by atoms with Gasteiger partial charge in [0.2, 0.25) is 0 Å². The van der Waals surface area contributed by atoms with E-state index >= 15 is 0 Å². The minimum Gasteiger partial charge on any atom is -0.480 e. The highest BCUT2D eigenvalue weighted by Crippen LogP contribution is 2.30. The molecule has 3 amide bonds. The van der Waals surface area contributed by atoms with Gasteiger partial charge in [0.15, 0.2) is 0 Å². The molecule has 0 aliphatic carbocycles. The molecule has 35 heavy (non-hydrogen) atoms. The van der Waals surface area contributed by atoms with Crippen LogP contribution < -0.4 is 4.90 Å². The van der Waals surface area contributed by atoms with Crippen LogP contribution >= 0.6 is 0 Å². The Hall–Kier alpha value is -4.46. The van der Waals surface area contributed by atoms with Gasteiger partial charge in [0.05, 0.1) is 17.8 Å². The summed E-state index contributed by atoms with van der Waals surface area (Å²) < 4.78 is 0. The molecule has 2 aliphatic rings. The summed E-state index contributed by atoms with van der Waals surface area (Å²) in [5, 5.41) is 9.40. The van der Waals surface area contributed by atoms with Crippen LogP contribution in [0.2, 0.25) is 0 Å². The number of nitrogens with zero attached hydrogens (tertiary/aromatic N) is 3. The van der Waals surface area contributed by atoms with E-state index in [-0.39, 0.29) is 42.7 Å². The molecule has 3 aromatic rings. The van der Waals surface area contributed by atoms with Crippen molar-refractivity contribution in [1.29, 1.82) is 0 Å². The Morgan fingerprint density at radius 3 is 2.20 bits per heavy atom. The van der Waals surface area contributed by atoms with Crippen LogP contribution in [0, 0.1) is 0 Å². The molecule has 8 heteroatoms. The van der Waals surface area contributed by atoms with Crippen LogP contribution in [0.3, 0.4) is 0 Å². The fourth-order valence-corrected chi connectivity index (χ4v) is 4.68. The Balaban J connectivity index is 1.40. The first-order valence-corrected chi connectivity index (χ1v) is 11.3. The van der Waals surface area contributed by atoms with Crippen molar-refractivity contribution in [2.75, 3.05) is 31.1 Å². The van der Waals surface area contributed by atoms with Gasteiger partial charge in [-0.2, -0.15) is 0 Å². The molecule has 5 rings (SSSR count). The van der Waals surface area contributed by atoms with Crippen molar-refractivity contribution in [2.24, 2.45) is 0 Å². The summed E-state index contributed by atoms with van der Waals surface area (Å²) in [7, 11) is 0. The van der Waals surface area contributed by atoms with Crippen molar-refractivity contribution in [3.63, 3.8) is 0 Å². The number of amides is 3. The second kappa shape index (κ2) is 9.06. The zero-order valence-electron chi connectivity index (χ0n) is 18.8. The maximum atomic E-state index is 13.5.